The van der Waals surface area contributed by atoms with Crippen molar-refractivity contribution >= 4 is 11.5 Å². The van der Waals surface area contributed by atoms with Gasteiger partial charge in [0.1, 0.15) is 5.82 Å². The molecule has 0 radical (unpaired) electrons. The number of ketones is 1. The molecule has 0 unspecified atom stereocenters. The lowest BCUT2D eigenvalue weighted by Gasteiger charge is -2.13. The van der Waals surface area contributed by atoms with E-state index in [1.165, 1.54) is 12.1 Å². The van der Waals surface area contributed by atoms with E-state index < -0.39 is 0 Å². The minimum absolute atomic E-state index is 0.107. The van der Waals surface area contributed by atoms with Gasteiger partial charge in [-0.2, -0.15) is 0 Å². The van der Waals surface area contributed by atoms with Crippen LogP contribution in [-0.2, 0) is 0 Å². The summed E-state index contributed by atoms with van der Waals surface area (Å²) in [5.41, 5.74) is 10.7. The second-order valence-corrected chi connectivity index (χ2v) is 5.27. The fraction of sp³-hybridized carbons (Fsp3) is 0.235. The fourth-order valence-corrected chi connectivity index (χ4v) is 2.52. The van der Waals surface area contributed by atoms with Gasteiger partial charge in [0.2, 0.25) is 0 Å². The maximum absolute atomic E-state index is 13.3. The van der Waals surface area contributed by atoms with Crippen molar-refractivity contribution in [3.8, 4) is 0 Å². The summed E-state index contributed by atoms with van der Waals surface area (Å²) in [7, 11) is 0. The van der Waals surface area contributed by atoms with Crippen molar-refractivity contribution in [3.05, 3.63) is 63.5 Å². The third kappa shape index (κ3) is 2.44. The zero-order valence-corrected chi connectivity index (χ0v) is 12.2. The fourth-order valence-electron chi connectivity index (χ4n) is 2.52. The zero-order valence-electron chi connectivity index (χ0n) is 12.2. The van der Waals surface area contributed by atoms with Crippen LogP contribution in [-0.4, -0.2) is 5.78 Å². The third-order valence-corrected chi connectivity index (χ3v) is 3.58. The van der Waals surface area contributed by atoms with Crippen molar-refractivity contribution < 1.29 is 9.18 Å². The summed E-state index contributed by atoms with van der Waals surface area (Å²) in [4.78, 5) is 12.7. The van der Waals surface area contributed by atoms with Gasteiger partial charge >= 0.3 is 0 Å². The highest BCUT2D eigenvalue weighted by molar-refractivity contribution is 6.12. The normalized spacial score (nSPS) is 10.7. The topological polar surface area (TPSA) is 43.1 Å². The first-order chi connectivity index (χ1) is 9.31. The van der Waals surface area contributed by atoms with E-state index in [0.29, 0.717) is 27.9 Å². The van der Waals surface area contributed by atoms with E-state index in [1.807, 2.05) is 19.9 Å². The van der Waals surface area contributed by atoms with Crippen molar-refractivity contribution in [1.29, 1.82) is 0 Å². The van der Waals surface area contributed by atoms with E-state index in [0.717, 1.165) is 11.1 Å². The number of nitrogen functional groups attached to an aromatic ring is 1. The highest BCUT2D eigenvalue weighted by atomic mass is 19.1. The highest BCUT2D eigenvalue weighted by Crippen LogP contribution is 2.24. The van der Waals surface area contributed by atoms with E-state index in [1.54, 1.807) is 19.9 Å². The Hall–Kier alpha value is -2.16. The molecule has 0 fully saturated rings. The number of aryl methyl sites for hydroxylation is 4. The summed E-state index contributed by atoms with van der Waals surface area (Å²) in [5.74, 6) is -0.430. The van der Waals surface area contributed by atoms with Gasteiger partial charge in [0.15, 0.2) is 5.78 Å². The zero-order chi connectivity index (χ0) is 15.0. The number of rotatable bonds is 2. The Labute approximate surface area is 118 Å². The first-order valence-electron chi connectivity index (χ1n) is 6.49. The predicted molar refractivity (Wildman–Crippen MR) is 79.6 cm³/mol. The van der Waals surface area contributed by atoms with Crippen LogP contribution in [0, 0.1) is 33.5 Å². The highest BCUT2D eigenvalue weighted by Gasteiger charge is 2.18. The Bertz CT molecular complexity index is 681. The Morgan fingerprint density at radius 2 is 1.45 bits per heavy atom. The van der Waals surface area contributed by atoms with E-state index in [-0.39, 0.29) is 11.6 Å². The summed E-state index contributed by atoms with van der Waals surface area (Å²) in [6.07, 6.45) is 0. The molecule has 2 aromatic carbocycles. The second kappa shape index (κ2) is 5.08. The van der Waals surface area contributed by atoms with E-state index in [2.05, 4.69) is 0 Å². The lowest BCUT2D eigenvalue weighted by Crippen LogP contribution is -2.10. The minimum atomic E-state index is -0.323. The first kappa shape index (κ1) is 14.3. The molecule has 0 amide bonds. The van der Waals surface area contributed by atoms with Crippen molar-refractivity contribution in [2.75, 3.05) is 5.73 Å². The number of benzene rings is 2. The summed E-state index contributed by atoms with van der Waals surface area (Å²) in [6, 6.07) is 6.37. The number of hydrogen-bond donors (Lipinski definition) is 1. The van der Waals surface area contributed by atoms with Crippen LogP contribution in [0.3, 0.4) is 0 Å². The van der Waals surface area contributed by atoms with Crippen LogP contribution < -0.4 is 5.73 Å². The summed E-state index contributed by atoms with van der Waals surface area (Å²) >= 11 is 0. The van der Waals surface area contributed by atoms with Gasteiger partial charge < -0.3 is 5.73 Å². The second-order valence-electron chi connectivity index (χ2n) is 5.27. The molecule has 0 spiro atoms. The SMILES string of the molecule is Cc1cc(C)c(C(=O)c2c(C)cc(F)cc2C)cc1N. The molecule has 2 nitrogen and oxygen atoms in total. The van der Waals surface area contributed by atoms with Gasteiger partial charge in [0.05, 0.1) is 0 Å². The molecule has 0 saturated heterocycles. The molecule has 2 rings (SSSR count). The van der Waals surface area contributed by atoms with Crippen LogP contribution in [0.25, 0.3) is 0 Å². The molecule has 0 aliphatic carbocycles. The Kier molecular flexibility index (Phi) is 3.62. The van der Waals surface area contributed by atoms with E-state index in [9.17, 15) is 9.18 Å². The number of halogens is 1. The van der Waals surface area contributed by atoms with Crippen LogP contribution in [0.1, 0.15) is 38.2 Å². The molecule has 0 bridgehead atoms. The van der Waals surface area contributed by atoms with Crippen LogP contribution in [0.5, 0.6) is 0 Å². The molecule has 0 atom stereocenters. The molecule has 2 aromatic rings. The standard InChI is InChI=1S/C17H18FNO/c1-9-5-10(2)15(19)8-14(9)17(20)16-11(3)6-13(18)7-12(16)4/h5-8H,19H2,1-4H3. The van der Waals surface area contributed by atoms with Crippen molar-refractivity contribution in [1.82, 2.24) is 0 Å². The average Bonchev–Trinajstić information content (AvgIpc) is 2.32. The monoisotopic (exact) mass is 271 g/mol. The summed E-state index contributed by atoms with van der Waals surface area (Å²) in [6.45, 7) is 7.28. The first-order valence-corrected chi connectivity index (χ1v) is 6.49. The molecule has 104 valence electrons. The number of anilines is 1. The quantitative estimate of drug-likeness (QED) is 0.665. The molecule has 20 heavy (non-hydrogen) atoms. The van der Waals surface area contributed by atoms with E-state index >= 15 is 0 Å². The number of hydrogen-bond acceptors (Lipinski definition) is 2. The Morgan fingerprint density at radius 1 is 0.900 bits per heavy atom. The third-order valence-electron chi connectivity index (χ3n) is 3.58. The maximum atomic E-state index is 13.3. The lowest BCUT2D eigenvalue weighted by molar-refractivity contribution is 0.103. The Balaban J connectivity index is 2.61. The molecule has 0 aromatic heterocycles. The average molecular weight is 271 g/mol. The largest absolute Gasteiger partial charge is 0.398 e. The molecule has 3 heteroatoms. The lowest BCUT2D eigenvalue weighted by atomic mass is 9.91. The summed E-state index contributed by atoms with van der Waals surface area (Å²) < 4.78 is 13.3. The molecular formula is C17H18FNO. The van der Waals surface area contributed by atoms with E-state index in [4.69, 9.17) is 5.73 Å². The number of carbonyl (C=O) groups is 1. The number of carbonyl (C=O) groups excluding carboxylic acids is 1. The van der Waals surface area contributed by atoms with Crippen LogP contribution in [0.15, 0.2) is 24.3 Å². The minimum Gasteiger partial charge on any atom is -0.398 e. The van der Waals surface area contributed by atoms with Crippen molar-refractivity contribution in [2.24, 2.45) is 0 Å². The summed E-state index contributed by atoms with van der Waals surface area (Å²) in [5, 5.41) is 0. The van der Waals surface area contributed by atoms with Gasteiger partial charge in [-0.3, -0.25) is 4.79 Å². The molecule has 0 aliphatic heterocycles. The molecule has 0 saturated carbocycles. The van der Waals surface area contributed by atoms with Gasteiger partial charge in [-0.1, -0.05) is 6.07 Å². The van der Waals surface area contributed by atoms with Gasteiger partial charge in [0.25, 0.3) is 0 Å². The molecule has 0 aliphatic rings. The predicted octanol–water partition coefficient (Wildman–Crippen LogP) is 3.87. The van der Waals surface area contributed by atoms with Crippen LogP contribution in [0.2, 0.25) is 0 Å². The van der Waals surface area contributed by atoms with Gasteiger partial charge in [-0.05, 0) is 68.1 Å². The van der Waals surface area contributed by atoms with Crippen LogP contribution >= 0.6 is 0 Å². The van der Waals surface area contributed by atoms with Gasteiger partial charge in [-0.25, -0.2) is 4.39 Å². The maximum Gasteiger partial charge on any atom is 0.193 e. The van der Waals surface area contributed by atoms with Crippen LogP contribution in [0.4, 0.5) is 10.1 Å². The van der Waals surface area contributed by atoms with Crippen molar-refractivity contribution in [2.45, 2.75) is 27.7 Å². The smallest absolute Gasteiger partial charge is 0.193 e. The van der Waals surface area contributed by atoms with Gasteiger partial charge in [0, 0.05) is 16.8 Å². The molecular weight excluding hydrogens is 253 g/mol. The Morgan fingerprint density at radius 3 is 2.00 bits per heavy atom. The molecule has 0 heterocycles. The van der Waals surface area contributed by atoms with Crippen molar-refractivity contribution in [3.63, 3.8) is 0 Å². The molecule has 2 N–H and O–H groups in total. The number of nitrogens with two attached hydrogens (primary N) is 1. The van der Waals surface area contributed by atoms with Gasteiger partial charge in [-0.15, -0.1) is 0 Å².